The molecule has 0 heterocycles. The molecule has 1 N–H and O–H groups in total. The Morgan fingerprint density at radius 1 is 0.971 bits per heavy atom. The highest BCUT2D eigenvalue weighted by atomic mass is 32.2. The van der Waals surface area contributed by atoms with E-state index in [2.05, 4.69) is 5.32 Å². The number of anilines is 1. The Kier molecular flexibility index (Phi) is 10.3. The number of carbonyl (C=O) groups is 1. The third kappa shape index (κ3) is 8.41. The van der Waals surface area contributed by atoms with Gasteiger partial charge in [-0.25, -0.2) is 21.1 Å². The van der Waals surface area contributed by atoms with Crippen LogP contribution in [-0.2, 0) is 24.8 Å². The Morgan fingerprint density at radius 3 is 2.23 bits per heavy atom. The van der Waals surface area contributed by atoms with Crippen molar-refractivity contribution in [2.24, 2.45) is 0 Å². The molecule has 0 aliphatic carbocycles. The highest BCUT2D eigenvalue weighted by Gasteiger charge is 2.21. The summed E-state index contributed by atoms with van der Waals surface area (Å²) in [6, 6.07) is 12.9. The second-order valence-corrected chi connectivity index (χ2v) is 11.9. The van der Waals surface area contributed by atoms with Gasteiger partial charge in [0.05, 0.1) is 30.0 Å². The number of hydrogen-bond donors (Lipinski definition) is 1. The first-order chi connectivity index (χ1) is 16.5. The van der Waals surface area contributed by atoms with Crippen LogP contribution in [0.5, 0.6) is 11.5 Å². The average molecular weight is 528 g/mol. The van der Waals surface area contributed by atoms with Gasteiger partial charge in [0.2, 0.25) is 26.0 Å². The summed E-state index contributed by atoms with van der Waals surface area (Å²) in [5.41, 5.74) is 0.440. The fraction of sp³-hybridized carbons (Fsp3) is 0.435. The molecule has 0 saturated carbocycles. The van der Waals surface area contributed by atoms with Crippen LogP contribution in [0.4, 0.5) is 5.69 Å². The van der Waals surface area contributed by atoms with Gasteiger partial charge in [-0.1, -0.05) is 12.1 Å². The number of hydrogen-bond acceptors (Lipinski definition) is 7. The van der Waals surface area contributed by atoms with Gasteiger partial charge in [-0.3, -0.25) is 9.10 Å². The fourth-order valence-corrected chi connectivity index (χ4v) is 5.03. The molecule has 35 heavy (non-hydrogen) atoms. The van der Waals surface area contributed by atoms with Crippen LogP contribution in [0.25, 0.3) is 0 Å². The van der Waals surface area contributed by atoms with Gasteiger partial charge in [0.1, 0.15) is 18.1 Å². The molecule has 2 aromatic carbocycles. The molecule has 0 aliphatic heterocycles. The van der Waals surface area contributed by atoms with E-state index < -0.39 is 20.0 Å². The SMILES string of the molecule is CCOc1ccccc1N(CCCC(=O)NCCOc1ccc(S(=O)(=O)N(C)C)cc1)S(C)(=O)=O. The van der Waals surface area contributed by atoms with Crippen molar-refractivity contribution in [1.82, 2.24) is 9.62 Å². The van der Waals surface area contributed by atoms with Gasteiger partial charge in [0.15, 0.2) is 0 Å². The molecule has 0 bridgehead atoms. The van der Waals surface area contributed by atoms with Crippen LogP contribution >= 0.6 is 0 Å². The lowest BCUT2D eigenvalue weighted by molar-refractivity contribution is -0.121. The van der Waals surface area contributed by atoms with E-state index in [-0.39, 0.29) is 36.9 Å². The lowest BCUT2D eigenvalue weighted by atomic mass is 10.2. The molecule has 0 atom stereocenters. The minimum absolute atomic E-state index is 0.134. The molecule has 12 heteroatoms. The average Bonchev–Trinajstić information content (AvgIpc) is 2.80. The van der Waals surface area contributed by atoms with Gasteiger partial charge in [-0.15, -0.1) is 0 Å². The summed E-state index contributed by atoms with van der Waals surface area (Å²) in [6.45, 7) is 2.80. The molecule has 2 aromatic rings. The van der Waals surface area contributed by atoms with Gasteiger partial charge in [-0.05, 0) is 49.7 Å². The Bertz CT molecular complexity index is 1180. The summed E-state index contributed by atoms with van der Waals surface area (Å²) < 4.78 is 62.3. The number of para-hydroxylation sites is 2. The van der Waals surface area contributed by atoms with Crippen LogP contribution in [0.1, 0.15) is 19.8 Å². The molecule has 0 unspecified atom stereocenters. The molecule has 2 rings (SSSR count). The van der Waals surface area contributed by atoms with Crippen molar-refractivity contribution >= 4 is 31.6 Å². The molecule has 0 fully saturated rings. The third-order valence-electron chi connectivity index (χ3n) is 4.89. The van der Waals surface area contributed by atoms with Gasteiger partial charge in [-0.2, -0.15) is 0 Å². The van der Waals surface area contributed by atoms with Crippen LogP contribution in [-0.4, -0.2) is 73.7 Å². The van der Waals surface area contributed by atoms with Crippen molar-refractivity contribution in [2.75, 3.05) is 51.0 Å². The third-order valence-corrected chi connectivity index (χ3v) is 7.90. The summed E-state index contributed by atoms with van der Waals surface area (Å²) in [7, 11) is -4.15. The van der Waals surface area contributed by atoms with E-state index in [0.29, 0.717) is 30.2 Å². The van der Waals surface area contributed by atoms with Crippen LogP contribution in [0.15, 0.2) is 53.4 Å². The molecule has 1 amide bonds. The lowest BCUT2D eigenvalue weighted by Crippen LogP contribution is -2.33. The number of benzene rings is 2. The van der Waals surface area contributed by atoms with Crippen molar-refractivity contribution in [3.8, 4) is 11.5 Å². The normalized spacial score (nSPS) is 11.8. The van der Waals surface area contributed by atoms with Crippen molar-refractivity contribution in [1.29, 1.82) is 0 Å². The van der Waals surface area contributed by atoms with Crippen LogP contribution < -0.4 is 19.1 Å². The minimum Gasteiger partial charge on any atom is -0.492 e. The van der Waals surface area contributed by atoms with Gasteiger partial charge >= 0.3 is 0 Å². The summed E-state index contributed by atoms with van der Waals surface area (Å²) in [6.07, 6.45) is 1.58. The predicted octanol–water partition coefficient (Wildman–Crippen LogP) is 2.08. The van der Waals surface area contributed by atoms with Crippen LogP contribution in [0.3, 0.4) is 0 Å². The Labute approximate surface area is 207 Å². The van der Waals surface area contributed by atoms with Crippen molar-refractivity contribution in [3.63, 3.8) is 0 Å². The minimum atomic E-state index is -3.56. The number of amides is 1. The van der Waals surface area contributed by atoms with Crippen molar-refractivity contribution < 1.29 is 31.1 Å². The molecule has 0 saturated heterocycles. The molecule has 0 spiro atoms. The maximum Gasteiger partial charge on any atom is 0.242 e. The first-order valence-electron chi connectivity index (χ1n) is 11.1. The molecule has 0 aromatic heterocycles. The monoisotopic (exact) mass is 527 g/mol. The van der Waals surface area contributed by atoms with E-state index in [0.717, 1.165) is 10.6 Å². The Hall–Kier alpha value is -2.83. The maximum atomic E-state index is 12.3. The molecular formula is C23H33N3O7S2. The van der Waals surface area contributed by atoms with Gasteiger partial charge in [0.25, 0.3) is 0 Å². The predicted molar refractivity (Wildman–Crippen MR) is 135 cm³/mol. The number of carbonyl (C=O) groups excluding carboxylic acids is 1. The summed E-state index contributed by atoms with van der Waals surface area (Å²) in [4.78, 5) is 12.3. The highest BCUT2D eigenvalue weighted by molar-refractivity contribution is 7.92. The zero-order valence-electron chi connectivity index (χ0n) is 20.4. The Balaban J connectivity index is 1.81. The summed E-state index contributed by atoms with van der Waals surface area (Å²) >= 11 is 0. The molecule has 0 radical (unpaired) electrons. The summed E-state index contributed by atoms with van der Waals surface area (Å²) in [5.74, 6) is 0.718. The van der Waals surface area contributed by atoms with Crippen molar-refractivity contribution in [3.05, 3.63) is 48.5 Å². The molecular weight excluding hydrogens is 494 g/mol. The van der Waals surface area contributed by atoms with Gasteiger partial charge < -0.3 is 14.8 Å². The van der Waals surface area contributed by atoms with E-state index in [1.165, 1.54) is 30.5 Å². The maximum absolute atomic E-state index is 12.3. The number of rotatable bonds is 14. The molecule has 10 nitrogen and oxygen atoms in total. The van der Waals surface area contributed by atoms with Crippen molar-refractivity contribution in [2.45, 2.75) is 24.7 Å². The fourth-order valence-electron chi connectivity index (χ4n) is 3.16. The van der Waals surface area contributed by atoms with E-state index in [4.69, 9.17) is 9.47 Å². The second kappa shape index (κ2) is 12.8. The second-order valence-electron chi connectivity index (χ2n) is 7.80. The quantitative estimate of drug-likeness (QED) is 0.373. The standard InChI is InChI=1S/C23H33N3O7S2/c1-5-32-22-10-7-6-9-21(22)26(34(4,28)29)17-8-11-23(27)24-16-18-33-19-12-14-20(15-13-19)35(30,31)25(2)3/h6-7,9-10,12-15H,5,8,11,16-18H2,1-4H3,(H,24,27). The van der Waals surface area contributed by atoms with Gasteiger partial charge in [0, 0.05) is 27.1 Å². The van der Waals surface area contributed by atoms with Crippen LogP contribution in [0, 0.1) is 0 Å². The summed E-state index contributed by atoms with van der Waals surface area (Å²) in [5, 5.41) is 2.73. The number of ether oxygens (including phenoxy) is 2. The molecule has 0 aliphatic rings. The number of sulfonamides is 2. The highest BCUT2D eigenvalue weighted by Crippen LogP contribution is 2.30. The lowest BCUT2D eigenvalue weighted by Gasteiger charge is -2.24. The zero-order chi connectivity index (χ0) is 26.1. The van der Waals surface area contributed by atoms with E-state index >= 15 is 0 Å². The first-order valence-corrected chi connectivity index (χ1v) is 14.4. The molecule has 194 valence electrons. The van der Waals surface area contributed by atoms with E-state index in [9.17, 15) is 21.6 Å². The Morgan fingerprint density at radius 2 is 1.63 bits per heavy atom. The smallest absolute Gasteiger partial charge is 0.242 e. The van der Waals surface area contributed by atoms with E-state index in [1.807, 2.05) is 6.92 Å². The number of nitrogens with one attached hydrogen (secondary N) is 1. The number of nitrogens with zero attached hydrogens (tertiary/aromatic N) is 2. The largest absolute Gasteiger partial charge is 0.492 e. The van der Waals surface area contributed by atoms with Crippen LogP contribution in [0.2, 0.25) is 0 Å². The van der Waals surface area contributed by atoms with E-state index in [1.54, 1.807) is 36.4 Å². The first kappa shape index (κ1) is 28.4. The topological polar surface area (TPSA) is 122 Å². The zero-order valence-corrected chi connectivity index (χ0v) is 22.1.